The first-order valence-corrected chi connectivity index (χ1v) is 10.7. The van der Waals surface area contributed by atoms with Crippen LogP contribution in [0.25, 0.3) is 22.8 Å². The Bertz CT molecular complexity index is 1140. The fourth-order valence-electron chi connectivity index (χ4n) is 4.17. The second-order valence-electron chi connectivity index (χ2n) is 7.84. The van der Waals surface area contributed by atoms with Crippen molar-refractivity contribution in [3.05, 3.63) is 40.4 Å². The van der Waals surface area contributed by atoms with Crippen LogP contribution in [-0.2, 0) is 0 Å². The predicted molar refractivity (Wildman–Crippen MR) is 122 cm³/mol. The van der Waals surface area contributed by atoms with Gasteiger partial charge in [0.1, 0.15) is 5.69 Å². The highest BCUT2D eigenvalue weighted by Crippen LogP contribution is 2.41. The molecule has 0 unspecified atom stereocenters. The molecule has 0 spiro atoms. The molecule has 0 radical (unpaired) electrons. The standard InChI is InChI=1S/C23H26N4O6/c1-14-7-5-6-10-26(14)17-9-8-15(11-18(17)27(28)29)23-24-22(25-33-23)16-12-19(30-2)21(32-4)20(13-16)31-3/h8-9,11-14H,5-7,10H2,1-4H3/t14-/m1/s1. The summed E-state index contributed by atoms with van der Waals surface area (Å²) >= 11 is 0. The largest absolute Gasteiger partial charge is 0.493 e. The van der Waals surface area contributed by atoms with Gasteiger partial charge in [0.2, 0.25) is 11.6 Å². The molecule has 10 nitrogen and oxygen atoms in total. The van der Waals surface area contributed by atoms with Gasteiger partial charge in [0.25, 0.3) is 11.6 Å². The van der Waals surface area contributed by atoms with E-state index in [1.165, 1.54) is 27.4 Å². The lowest BCUT2D eigenvalue weighted by atomic mass is 10.0. The Morgan fingerprint density at radius 1 is 1.06 bits per heavy atom. The van der Waals surface area contributed by atoms with Gasteiger partial charge in [-0.25, -0.2) is 0 Å². The molecular weight excluding hydrogens is 428 g/mol. The van der Waals surface area contributed by atoms with Crippen LogP contribution in [0.15, 0.2) is 34.9 Å². The lowest BCUT2D eigenvalue weighted by Gasteiger charge is -2.35. The zero-order valence-corrected chi connectivity index (χ0v) is 19.0. The summed E-state index contributed by atoms with van der Waals surface area (Å²) in [6.07, 6.45) is 3.17. The molecule has 33 heavy (non-hydrogen) atoms. The van der Waals surface area contributed by atoms with Crippen molar-refractivity contribution >= 4 is 11.4 Å². The Morgan fingerprint density at radius 2 is 1.79 bits per heavy atom. The highest BCUT2D eigenvalue weighted by Gasteiger charge is 2.27. The minimum Gasteiger partial charge on any atom is -0.493 e. The fraction of sp³-hybridized carbons (Fsp3) is 0.391. The fourth-order valence-corrected chi connectivity index (χ4v) is 4.17. The number of piperidine rings is 1. The minimum atomic E-state index is -0.364. The van der Waals surface area contributed by atoms with E-state index in [9.17, 15) is 10.1 Å². The Kier molecular flexibility index (Phi) is 6.34. The van der Waals surface area contributed by atoms with Crippen LogP contribution in [0, 0.1) is 10.1 Å². The van der Waals surface area contributed by atoms with E-state index in [0.29, 0.717) is 39.9 Å². The van der Waals surface area contributed by atoms with Gasteiger partial charge < -0.3 is 23.6 Å². The van der Waals surface area contributed by atoms with Gasteiger partial charge in [-0.3, -0.25) is 10.1 Å². The molecule has 1 aliphatic heterocycles. The first-order valence-electron chi connectivity index (χ1n) is 10.7. The lowest BCUT2D eigenvalue weighted by Crippen LogP contribution is -2.37. The van der Waals surface area contributed by atoms with Gasteiger partial charge in [-0.15, -0.1) is 0 Å². The normalized spacial score (nSPS) is 15.9. The summed E-state index contributed by atoms with van der Waals surface area (Å²) in [5.74, 6) is 1.83. The second-order valence-corrected chi connectivity index (χ2v) is 7.84. The van der Waals surface area contributed by atoms with Gasteiger partial charge in [0.15, 0.2) is 11.5 Å². The van der Waals surface area contributed by atoms with E-state index < -0.39 is 0 Å². The monoisotopic (exact) mass is 454 g/mol. The van der Waals surface area contributed by atoms with Crippen molar-refractivity contribution in [3.8, 4) is 40.1 Å². The Morgan fingerprint density at radius 3 is 2.39 bits per heavy atom. The van der Waals surface area contributed by atoms with Gasteiger partial charge in [-0.2, -0.15) is 4.98 Å². The quantitative estimate of drug-likeness (QED) is 0.370. The summed E-state index contributed by atoms with van der Waals surface area (Å²) in [5, 5.41) is 15.9. The van der Waals surface area contributed by atoms with E-state index in [1.54, 1.807) is 24.3 Å². The molecule has 0 aliphatic carbocycles. The third-order valence-electron chi connectivity index (χ3n) is 5.88. The van der Waals surface area contributed by atoms with E-state index in [4.69, 9.17) is 18.7 Å². The van der Waals surface area contributed by atoms with Crippen molar-refractivity contribution in [2.24, 2.45) is 0 Å². The van der Waals surface area contributed by atoms with Crippen molar-refractivity contribution in [1.29, 1.82) is 0 Å². The molecule has 0 amide bonds. The van der Waals surface area contributed by atoms with Crippen molar-refractivity contribution in [2.75, 3.05) is 32.8 Å². The second kappa shape index (κ2) is 9.35. The van der Waals surface area contributed by atoms with Crippen LogP contribution in [0.3, 0.4) is 0 Å². The van der Waals surface area contributed by atoms with Gasteiger partial charge in [0, 0.05) is 29.8 Å². The maximum Gasteiger partial charge on any atom is 0.293 e. The van der Waals surface area contributed by atoms with E-state index in [2.05, 4.69) is 22.0 Å². The molecule has 174 valence electrons. The maximum absolute atomic E-state index is 11.9. The van der Waals surface area contributed by atoms with E-state index in [0.717, 1.165) is 25.8 Å². The van der Waals surface area contributed by atoms with Crippen LogP contribution in [0.4, 0.5) is 11.4 Å². The molecule has 2 heterocycles. The molecule has 2 aromatic carbocycles. The molecule has 1 aliphatic rings. The van der Waals surface area contributed by atoms with Crippen LogP contribution in [0.5, 0.6) is 17.2 Å². The summed E-state index contributed by atoms with van der Waals surface area (Å²) in [5.41, 5.74) is 1.70. The number of benzene rings is 2. The number of hydrogen-bond donors (Lipinski definition) is 0. The van der Waals surface area contributed by atoms with E-state index in [-0.39, 0.29) is 22.5 Å². The molecule has 1 aromatic heterocycles. The number of anilines is 1. The molecule has 10 heteroatoms. The molecular formula is C23H26N4O6. The molecule has 4 rings (SSSR count). The number of nitro groups is 1. The molecule has 1 atom stereocenters. The number of hydrogen-bond acceptors (Lipinski definition) is 9. The summed E-state index contributed by atoms with van der Waals surface area (Å²) < 4.78 is 21.6. The Hall–Kier alpha value is -3.82. The van der Waals surface area contributed by atoms with E-state index in [1.807, 2.05) is 0 Å². The molecule has 3 aromatic rings. The zero-order valence-electron chi connectivity index (χ0n) is 19.0. The highest BCUT2D eigenvalue weighted by molar-refractivity contribution is 5.72. The number of nitro benzene ring substituents is 1. The van der Waals surface area contributed by atoms with Crippen LogP contribution in [0.1, 0.15) is 26.2 Å². The molecule has 0 saturated carbocycles. The number of aromatic nitrogens is 2. The number of rotatable bonds is 7. The molecule has 0 N–H and O–H groups in total. The van der Waals surface area contributed by atoms with Crippen molar-refractivity contribution in [1.82, 2.24) is 10.1 Å². The average molecular weight is 454 g/mol. The third-order valence-corrected chi connectivity index (χ3v) is 5.88. The summed E-state index contributed by atoms with van der Waals surface area (Å²) in [6.45, 7) is 2.89. The molecule has 1 saturated heterocycles. The first-order chi connectivity index (χ1) is 16.0. The topological polar surface area (TPSA) is 113 Å². The molecule has 0 bridgehead atoms. The van der Waals surface area contributed by atoms with Gasteiger partial charge in [0.05, 0.1) is 26.3 Å². The smallest absolute Gasteiger partial charge is 0.293 e. The van der Waals surface area contributed by atoms with Crippen LogP contribution >= 0.6 is 0 Å². The summed E-state index contributed by atoms with van der Waals surface area (Å²) in [7, 11) is 4.56. The summed E-state index contributed by atoms with van der Waals surface area (Å²) in [4.78, 5) is 18.0. The van der Waals surface area contributed by atoms with Crippen molar-refractivity contribution in [2.45, 2.75) is 32.2 Å². The number of nitrogens with zero attached hydrogens (tertiary/aromatic N) is 4. The van der Waals surface area contributed by atoms with Crippen molar-refractivity contribution < 1.29 is 23.7 Å². The van der Waals surface area contributed by atoms with Crippen LogP contribution in [-0.4, -0.2) is 49.0 Å². The van der Waals surface area contributed by atoms with Crippen LogP contribution in [0.2, 0.25) is 0 Å². The average Bonchev–Trinajstić information content (AvgIpc) is 3.33. The zero-order chi connectivity index (χ0) is 23.5. The molecule has 1 fully saturated rings. The lowest BCUT2D eigenvalue weighted by molar-refractivity contribution is -0.384. The minimum absolute atomic E-state index is 0.0220. The third kappa shape index (κ3) is 4.28. The Labute approximate surface area is 191 Å². The van der Waals surface area contributed by atoms with Gasteiger partial charge >= 0.3 is 0 Å². The number of methoxy groups -OCH3 is 3. The highest BCUT2D eigenvalue weighted by atomic mass is 16.6. The van der Waals surface area contributed by atoms with Crippen molar-refractivity contribution in [3.63, 3.8) is 0 Å². The predicted octanol–water partition coefficient (Wildman–Crippen LogP) is 4.72. The maximum atomic E-state index is 11.9. The van der Waals surface area contributed by atoms with Crippen LogP contribution < -0.4 is 19.1 Å². The SMILES string of the molecule is COc1cc(-c2noc(-c3ccc(N4CCCC[C@H]4C)c([N+](=O)[O-])c3)n2)cc(OC)c1OC. The van der Waals surface area contributed by atoms with Gasteiger partial charge in [-0.05, 0) is 50.5 Å². The Balaban J connectivity index is 1.70. The van der Waals surface area contributed by atoms with Gasteiger partial charge in [-0.1, -0.05) is 5.16 Å². The number of ether oxygens (including phenoxy) is 3. The summed E-state index contributed by atoms with van der Waals surface area (Å²) in [6, 6.07) is 8.69. The first kappa shape index (κ1) is 22.4. The van der Waals surface area contributed by atoms with E-state index >= 15 is 0 Å².